The van der Waals surface area contributed by atoms with E-state index in [1.807, 2.05) is 0 Å². The Morgan fingerprint density at radius 3 is 3.00 bits per heavy atom. The maximum atomic E-state index is 13.1. The van der Waals surface area contributed by atoms with Gasteiger partial charge >= 0.3 is 0 Å². The topological polar surface area (TPSA) is 71.2 Å². The number of hydrogen-bond donors (Lipinski definition) is 2. The van der Waals surface area contributed by atoms with Gasteiger partial charge in [-0.3, -0.25) is 0 Å². The lowest BCUT2D eigenvalue weighted by Crippen LogP contribution is -2.28. The van der Waals surface area contributed by atoms with Gasteiger partial charge in [-0.15, -0.1) is 0 Å². The van der Waals surface area contributed by atoms with E-state index in [4.69, 9.17) is 4.52 Å². The quantitative estimate of drug-likeness (QED) is 0.856. The van der Waals surface area contributed by atoms with Crippen LogP contribution in [0.3, 0.4) is 0 Å². The van der Waals surface area contributed by atoms with Crippen LogP contribution in [0.1, 0.15) is 17.9 Å². The molecule has 2 heterocycles. The Morgan fingerprint density at radius 1 is 1.47 bits per heavy atom. The minimum atomic E-state index is -1.10. The van der Waals surface area contributed by atoms with Crippen molar-refractivity contribution in [3.63, 3.8) is 0 Å². The first kappa shape index (κ1) is 12.3. The fraction of sp³-hybridized carbons (Fsp3) is 0.385. The summed E-state index contributed by atoms with van der Waals surface area (Å²) in [6.45, 7) is 2.89. The van der Waals surface area contributed by atoms with Gasteiger partial charge in [0.15, 0.2) is 5.60 Å². The molecule has 0 bridgehead atoms. The summed E-state index contributed by atoms with van der Waals surface area (Å²) in [6, 6.07) is 4.37. The molecule has 6 heteroatoms. The molecule has 1 unspecified atom stereocenters. The minimum Gasteiger partial charge on any atom is -0.379 e. The van der Waals surface area contributed by atoms with Crippen LogP contribution in [0.15, 0.2) is 22.7 Å². The smallest absolute Gasteiger partial charge is 0.260 e. The van der Waals surface area contributed by atoms with Gasteiger partial charge in [0.25, 0.3) is 5.89 Å². The van der Waals surface area contributed by atoms with Crippen molar-refractivity contribution in [2.24, 2.45) is 0 Å². The second kappa shape index (κ2) is 4.40. The molecule has 0 saturated carbocycles. The van der Waals surface area contributed by atoms with Gasteiger partial charge in [-0.25, -0.2) is 4.39 Å². The Hall–Kier alpha value is -1.79. The molecule has 0 aliphatic carbocycles. The lowest BCUT2D eigenvalue weighted by atomic mass is 10.0. The van der Waals surface area contributed by atoms with Crippen molar-refractivity contribution in [1.82, 2.24) is 15.5 Å². The van der Waals surface area contributed by atoms with E-state index >= 15 is 0 Å². The number of rotatable bonds is 2. The molecule has 1 aromatic carbocycles. The number of nitrogens with one attached hydrogen (secondary N) is 1. The number of nitrogens with zero attached hydrogens (tertiary/aromatic N) is 2. The van der Waals surface area contributed by atoms with Crippen LogP contribution < -0.4 is 5.32 Å². The van der Waals surface area contributed by atoms with E-state index < -0.39 is 5.60 Å². The van der Waals surface area contributed by atoms with E-state index in [0.717, 1.165) is 5.56 Å². The van der Waals surface area contributed by atoms with E-state index in [1.54, 1.807) is 13.0 Å². The van der Waals surface area contributed by atoms with Gasteiger partial charge in [-0.1, -0.05) is 5.16 Å². The van der Waals surface area contributed by atoms with Crippen LogP contribution in [-0.4, -0.2) is 28.3 Å². The molecule has 5 nitrogen and oxygen atoms in total. The summed E-state index contributed by atoms with van der Waals surface area (Å²) in [4.78, 5) is 4.23. The molecule has 1 atom stereocenters. The second-order valence-electron chi connectivity index (χ2n) is 4.84. The summed E-state index contributed by atoms with van der Waals surface area (Å²) in [5.41, 5.74) is 0.328. The highest BCUT2D eigenvalue weighted by Gasteiger charge is 2.38. The van der Waals surface area contributed by atoms with Gasteiger partial charge < -0.3 is 14.9 Å². The molecule has 1 fully saturated rings. The van der Waals surface area contributed by atoms with E-state index in [9.17, 15) is 9.50 Å². The molecule has 19 heavy (non-hydrogen) atoms. The second-order valence-corrected chi connectivity index (χ2v) is 4.84. The molecule has 100 valence electrons. The Bertz CT molecular complexity index is 606. The zero-order valence-electron chi connectivity index (χ0n) is 10.5. The molecule has 3 rings (SSSR count). The largest absolute Gasteiger partial charge is 0.379 e. The standard InChI is InChI=1S/C13H14FN3O2/c1-8-6-9(14)2-3-10(8)11-16-12(19-17-11)13(18)4-5-15-7-13/h2-3,6,15,18H,4-5,7H2,1H3. The van der Waals surface area contributed by atoms with Crippen molar-refractivity contribution in [3.8, 4) is 11.4 Å². The van der Waals surface area contributed by atoms with Crippen LogP contribution in [0.4, 0.5) is 4.39 Å². The van der Waals surface area contributed by atoms with Crippen molar-refractivity contribution in [3.05, 3.63) is 35.5 Å². The molecule has 2 aromatic rings. The zero-order chi connectivity index (χ0) is 13.5. The lowest BCUT2D eigenvalue weighted by Gasteiger charge is -2.14. The Labute approximate surface area is 109 Å². The third kappa shape index (κ3) is 2.13. The number of β-amino-alcohol motifs (C(OH)–C–C–N with tert-alkyl or cyclic N) is 1. The molecule has 1 saturated heterocycles. The van der Waals surface area contributed by atoms with Crippen molar-refractivity contribution >= 4 is 0 Å². The molecule has 1 aromatic heterocycles. The average Bonchev–Trinajstić information content (AvgIpc) is 2.99. The lowest BCUT2D eigenvalue weighted by molar-refractivity contribution is 0.0243. The Morgan fingerprint density at radius 2 is 2.32 bits per heavy atom. The molecule has 0 amide bonds. The Kier molecular flexibility index (Phi) is 2.83. The van der Waals surface area contributed by atoms with E-state index in [2.05, 4.69) is 15.5 Å². The van der Waals surface area contributed by atoms with Crippen LogP contribution in [0.5, 0.6) is 0 Å². The maximum absolute atomic E-state index is 13.1. The Balaban J connectivity index is 1.97. The number of aromatic nitrogens is 2. The van der Waals surface area contributed by atoms with Gasteiger partial charge in [0.2, 0.25) is 5.82 Å². The van der Waals surface area contributed by atoms with Gasteiger partial charge in [0, 0.05) is 12.1 Å². The number of aliphatic hydroxyl groups is 1. The molecule has 1 aliphatic heterocycles. The van der Waals surface area contributed by atoms with Crippen molar-refractivity contribution in [2.45, 2.75) is 18.9 Å². The summed E-state index contributed by atoms with van der Waals surface area (Å²) in [5.74, 6) is 0.271. The summed E-state index contributed by atoms with van der Waals surface area (Å²) < 4.78 is 18.2. The normalized spacial score (nSPS) is 22.9. The zero-order valence-corrected chi connectivity index (χ0v) is 10.5. The number of benzene rings is 1. The minimum absolute atomic E-state index is 0.205. The summed E-state index contributed by atoms with van der Waals surface area (Å²) >= 11 is 0. The first-order chi connectivity index (χ1) is 9.08. The predicted molar refractivity (Wildman–Crippen MR) is 65.8 cm³/mol. The summed E-state index contributed by atoms with van der Waals surface area (Å²) in [5, 5.41) is 17.2. The van der Waals surface area contributed by atoms with Gasteiger partial charge in [-0.2, -0.15) is 4.98 Å². The first-order valence-electron chi connectivity index (χ1n) is 6.12. The molecule has 0 radical (unpaired) electrons. The molecule has 2 N–H and O–H groups in total. The third-order valence-electron chi connectivity index (χ3n) is 3.39. The first-order valence-corrected chi connectivity index (χ1v) is 6.12. The van der Waals surface area contributed by atoms with Crippen LogP contribution in [0.25, 0.3) is 11.4 Å². The van der Waals surface area contributed by atoms with Crippen molar-refractivity contribution in [1.29, 1.82) is 0 Å². The van der Waals surface area contributed by atoms with Crippen LogP contribution in [-0.2, 0) is 5.60 Å². The highest BCUT2D eigenvalue weighted by Crippen LogP contribution is 2.29. The van der Waals surface area contributed by atoms with E-state index in [-0.39, 0.29) is 11.7 Å². The van der Waals surface area contributed by atoms with Crippen molar-refractivity contribution < 1.29 is 14.0 Å². The van der Waals surface area contributed by atoms with Crippen molar-refractivity contribution in [2.75, 3.05) is 13.1 Å². The maximum Gasteiger partial charge on any atom is 0.260 e. The summed E-state index contributed by atoms with van der Waals surface area (Å²) in [7, 11) is 0. The number of aryl methyl sites for hydroxylation is 1. The number of hydrogen-bond acceptors (Lipinski definition) is 5. The highest BCUT2D eigenvalue weighted by atomic mass is 19.1. The predicted octanol–water partition coefficient (Wildman–Crippen LogP) is 1.37. The van der Waals surface area contributed by atoms with Gasteiger partial charge in [0.1, 0.15) is 5.82 Å². The highest BCUT2D eigenvalue weighted by molar-refractivity contribution is 5.59. The third-order valence-corrected chi connectivity index (χ3v) is 3.39. The van der Waals surface area contributed by atoms with Crippen LogP contribution in [0, 0.1) is 12.7 Å². The average molecular weight is 263 g/mol. The fourth-order valence-corrected chi connectivity index (χ4v) is 2.26. The fourth-order valence-electron chi connectivity index (χ4n) is 2.26. The van der Waals surface area contributed by atoms with Gasteiger partial charge in [0.05, 0.1) is 0 Å². The van der Waals surface area contributed by atoms with Crippen LogP contribution in [0.2, 0.25) is 0 Å². The van der Waals surface area contributed by atoms with Gasteiger partial charge in [-0.05, 0) is 43.7 Å². The monoisotopic (exact) mass is 263 g/mol. The van der Waals surface area contributed by atoms with E-state index in [0.29, 0.717) is 30.9 Å². The molecular formula is C13H14FN3O2. The number of halogens is 1. The van der Waals surface area contributed by atoms with Crippen LogP contribution >= 0.6 is 0 Å². The summed E-state index contributed by atoms with van der Waals surface area (Å²) in [6.07, 6.45) is 0.539. The molecule has 1 aliphatic rings. The van der Waals surface area contributed by atoms with E-state index in [1.165, 1.54) is 12.1 Å². The molecule has 0 spiro atoms. The SMILES string of the molecule is Cc1cc(F)ccc1-c1noc(C2(O)CCNC2)n1. The molecular weight excluding hydrogens is 249 g/mol.